The Morgan fingerprint density at radius 1 is 1.27 bits per heavy atom. The second-order valence-corrected chi connectivity index (χ2v) is 11.9. The highest BCUT2D eigenvalue weighted by molar-refractivity contribution is 5.85. The summed E-state index contributed by atoms with van der Waals surface area (Å²) in [5.74, 6) is -0.221. The molecule has 0 unspecified atom stereocenters. The average Bonchev–Trinajstić information content (AvgIpc) is 3.29. The van der Waals surface area contributed by atoms with Gasteiger partial charge in [0, 0.05) is 55.0 Å². The van der Waals surface area contributed by atoms with Crippen LogP contribution in [0, 0.1) is 11.2 Å². The molecule has 6 rings (SSSR count). The minimum atomic E-state index is -0.710. The van der Waals surface area contributed by atoms with Gasteiger partial charge in [-0.05, 0) is 58.2 Å². The lowest BCUT2D eigenvalue weighted by Gasteiger charge is -2.39. The van der Waals surface area contributed by atoms with Gasteiger partial charge < -0.3 is 25.0 Å². The van der Waals surface area contributed by atoms with Crippen LogP contribution < -0.4 is 16.1 Å². The number of piperidine rings is 1. The molecule has 3 atom stereocenters. The third-order valence-electron chi connectivity index (χ3n) is 8.72. The van der Waals surface area contributed by atoms with Crippen LogP contribution in [-0.4, -0.2) is 75.4 Å². The van der Waals surface area contributed by atoms with E-state index in [1.807, 2.05) is 6.07 Å². The van der Waals surface area contributed by atoms with Crippen molar-refractivity contribution in [3.8, 4) is 11.3 Å². The van der Waals surface area contributed by atoms with Gasteiger partial charge in [-0.25, -0.2) is 14.4 Å². The maximum absolute atomic E-state index is 15.1. The van der Waals surface area contributed by atoms with Gasteiger partial charge in [-0.15, -0.1) is 0 Å². The maximum atomic E-state index is 15.1. The number of nitrogens with zero attached hydrogens (tertiary/aromatic N) is 4. The number of hydrogen-bond donors (Lipinski definition) is 3. The fourth-order valence-electron chi connectivity index (χ4n) is 6.66. The van der Waals surface area contributed by atoms with Crippen molar-refractivity contribution in [3.05, 3.63) is 52.2 Å². The van der Waals surface area contributed by atoms with Crippen molar-refractivity contribution in [2.24, 2.45) is 5.41 Å². The predicted octanol–water partition coefficient (Wildman–Crippen LogP) is 2.84. The molecule has 0 aliphatic carbocycles. The minimum Gasteiger partial charge on any atom is -0.389 e. The summed E-state index contributed by atoms with van der Waals surface area (Å²) >= 11 is 0. The molecule has 0 radical (unpaired) electrons. The molecule has 3 aromatic rings. The number of aliphatic hydroxyl groups is 1. The van der Waals surface area contributed by atoms with Gasteiger partial charge in [0.25, 0.3) is 0 Å². The van der Waals surface area contributed by atoms with Crippen molar-refractivity contribution in [2.45, 2.75) is 64.3 Å². The smallest absolute Gasteiger partial charge is 0.227 e. The summed E-state index contributed by atoms with van der Waals surface area (Å²) in [6.07, 6.45) is 3.67. The number of fused-ring (bicyclic) bond motifs is 1. The Labute approximate surface area is 237 Å². The lowest BCUT2D eigenvalue weighted by Crippen LogP contribution is -2.47. The number of aliphatic hydroxyl groups excluding tert-OH is 1. The van der Waals surface area contributed by atoms with E-state index in [2.05, 4.69) is 43.9 Å². The molecule has 3 fully saturated rings. The molecule has 1 aromatic carbocycles. The van der Waals surface area contributed by atoms with Gasteiger partial charge in [-0.2, -0.15) is 0 Å². The number of carbonyl (C=O) groups is 1. The SMILES string of the molecule is CC(C)n1c(CN2CCC[C@]3(CCNC3=O)C2)cc(=O)c2ccc(-c3nc(N[C@@H]4CCOC[C@H]4O)ncc3F)cc21. The zero-order valence-corrected chi connectivity index (χ0v) is 23.5. The van der Waals surface area contributed by atoms with E-state index in [1.54, 1.807) is 18.2 Å². The van der Waals surface area contributed by atoms with E-state index in [4.69, 9.17) is 4.74 Å². The Morgan fingerprint density at radius 2 is 2.12 bits per heavy atom. The van der Waals surface area contributed by atoms with E-state index in [-0.39, 0.29) is 47.1 Å². The lowest BCUT2D eigenvalue weighted by molar-refractivity contribution is -0.130. The molecule has 1 amide bonds. The van der Waals surface area contributed by atoms with Crippen molar-refractivity contribution in [1.29, 1.82) is 0 Å². The van der Waals surface area contributed by atoms with Crippen LogP contribution in [-0.2, 0) is 16.1 Å². The number of benzene rings is 1. The molecule has 3 N–H and O–H groups in total. The molecule has 11 heteroatoms. The van der Waals surface area contributed by atoms with E-state index in [0.29, 0.717) is 49.1 Å². The molecule has 41 heavy (non-hydrogen) atoms. The average molecular weight is 565 g/mol. The van der Waals surface area contributed by atoms with E-state index in [0.717, 1.165) is 37.7 Å². The van der Waals surface area contributed by atoms with Gasteiger partial charge in [0.2, 0.25) is 11.9 Å². The van der Waals surface area contributed by atoms with E-state index < -0.39 is 11.9 Å². The van der Waals surface area contributed by atoms with Gasteiger partial charge in [0.05, 0.1) is 35.9 Å². The molecule has 3 aliphatic rings. The summed E-state index contributed by atoms with van der Waals surface area (Å²) in [5.41, 5.74) is 1.77. The Balaban J connectivity index is 1.35. The van der Waals surface area contributed by atoms with Crippen LogP contribution >= 0.6 is 0 Å². The number of rotatable bonds is 6. The standard InChI is InChI=1S/C30H37FN6O4/c1-18(2)37-20(15-36-10-3-7-30(17-36)8-9-32-28(30)40)13-25(38)21-5-4-19(12-24(21)37)27-22(31)14-33-29(35-27)34-23-6-11-41-16-26(23)39/h4-5,12-14,18,23,26,39H,3,6-11,15-17H2,1-2H3,(H,32,40)(H,33,34,35)/t23-,26-,30+/m1/s1. The van der Waals surface area contributed by atoms with Crippen LogP contribution in [0.15, 0.2) is 35.3 Å². The Morgan fingerprint density at radius 3 is 2.88 bits per heavy atom. The first-order valence-corrected chi connectivity index (χ1v) is 14.5. The highest BCUT2D eigenvalue weighted by Crippen LogP contribution is 2.37. The first kappa shape index (κ1) is 27.7. The van der Waals surface area contributed by atoms with Crippen molar-refractivity contribution < 1.29 is 19.0 Å². The maximum Gasteiger partial charge on any atom is 0.227 e. The van der Waals surface area contributed by atoms with Crippen LogP contribution in [0.4, 0.5) is 10.3 Å². The van der Waals surface area contributed by atoms with E-state index >= 15 is 4.39 Å². The van der Waals surface area contributed by atoms with Crippen molar-refractivity contribution in [3.63, 3.8) is 0 Å². The third-order valence-corrected chi connectivity index (χ3v) is 8.72. The van der Waals surface area contributed by atoms with Crippen molar-refractivity contribution >= 4 is 22.8 Å². The fourth-order valence-corrected chi connectivity index (χ4v) is 6.66. The number of aromatic nitrogens is 3. The van der Waals surface area contributed by atoms with Gasteiger partial charge in [-0.1, -0.05) is 6.07 Å². The number of anilines is 1. The lowest BCUT2D eigenvalue weighted by atomic mass is 9.78. The van der Waals surface area contributed by atoms with Gasteiger partial charge in [0.15, 0.2) is 11.2 Å². The number of halogens is 1. The number of pyridine rings is 1. The quantitative estimate of drug-likeness (QED) is 0.418. The van der Waals surface area contributed by atoms with Gasteiger partial charge in [-0.3, -0.25) is 14.5 Å². The Hall–Kier alpha value is -3.41. The summed E-state index contributed by atoms with van der Waals surface area (Å²) in [4.78, 5) is 36.8. The van der Waals surface area contributed by atoms with Crippen LogP contribution in [0.2, 0.25) is 0 Å². The van der Waals surface area contributed by atoms with E-state index in [1.165, 1.54) is 0 Å². The summed E-state index contributed by atoms with van der Waals surface area (Å²) in [6, 6.07) is 6.69. The molecule has 3 aliphatic heterocycles. The molecular formula is C30H37FN6O4. The van der Waals surface area contributed by atoms with E-state index in [9.17, 15) is 14.7 Å². The topological polar surface area (TPSA) is 122 Å². The van der Waals surface area contributed by atoms with Crippen LogP contribution in [0.1, 0.15) is 51.3 Å². The second-order valence-electron chi connectivity index (χ2n) is 11.9. The predicted molar refractivity (Wildman–Crippen MR) is 153 cm³/mol. The third kappa shape index (κ3) is 5.33. The van der Waals surface area contributed by atoms with Crippen LogP contribution in [0.3, 0.4) is 0 Å². The highest BCUT2D eigenvalue weighted by atomic mass is 19.1. The zero-order chi connectivity index (χ0) is 28.7. The summed E-state index contributed by atoms with van der Waals surface area (Å²) in [7, 11) is 0. The highest BCUT2D eigenvalue weighted by Gasteiger charge is 2.45. The zero-order valence-electron chi connectivity index (χ0n) is 23.5. The second kappa shape index (κ2) is 11.1. The van der Waals surface area contributed by atoms with Crippen molar-refractivity contribution in [2.75, 3.05) is 38.2 Å². The number of nitrogens with one attached hydrogen (secondary N) is 2. The fraction of sp³-hybridized carbons (Fsp3) is 0.533. The number of hydrogen-bond acceptors (Lipinski definition) is 8. The number of amides is 1. The first-order valence-electron chi connectivity index (χ1n) is 14.5. The largest absolute Gasteiger partial charge is 0.389 e. The molecule has 5 heterocycles. The summed E-state index contributed by atoms with van der Waals surface area (Å²) < 4.78 is 22.5. The normalized spacial score (nSPS) is 25.2. The molecule has 0 bridgehead atoms. The summed E-state index contributed by atoms with van der Waals surface area (Å²) in [6.45, 7) is 7.66. The molecule has 10 nitrogen and oxygen atoms in total. The molecule has 0 saturated carbocycles. The first-order chi connectivity index (χ1) is 19.7. The Kier molecular flexibility index (Phi) is 7.52. The van der Waals surface area contributed by atoms with Crippen LogP contribution in [0.5, 0.6) is 0 Å². The monoisotopic (exact) mass is 564 g/mol. The van der Waals surface area contributed by atoms with Gasteiger partial charge >= 0.3 is 0 Å². The molecule has 3 saturated heterocycles. The molecular weight excluding hydrogens is 527 g/mol. The van der Waals surface area contributed by atoms with Crippen LogP contribution in [0.25, 0.3) is 22.2 Å². The minimum absolute atomic E-state index is 0.0272. The van der Waals surface area contributed by atoms with Crippen molar-refractivity contribution in [1.82, 2.24) is 24.8 Å². The number of likely N-dealkylation sites (tertiary alicyclic amines) is 1. The number of ether oxygens (including phenoxy) is 1. The Bertz CT molecular complexity index is 1530. The van der Waals surface area contributed by atoms with Gasteiger partial charge in [0.1, 0.15) is 5.69 Å². The molecule has 2 aromatic heterocycles. The molecule has 218 valence electrons. The molecule has 1 spiro atoms. The summed E-state index contributed by atoms with van der Waals surface area (Å²) in [5, 5.41) is 16.9. The number of carbonyl (C=O) groups excluding carboxylic acids is 1.